The zero-order valence-electron chi connectivity index (χ0n) is 18.7. The van der Waals surface area contributed by atoms with Gasteiger partial charge in [-0.2, -0.15) is 0 Å². The lowest BCUT2D eigenvalue weighted by atomic mass is 10.1. The minimum absolute atomic E-state index is 0.531. The van der Waals surface area contributed by atoms with Gasteiger partial charge in [0.1, 0.15) is 0 Å². The van der Waals surface area contributed by atoms with E-state index in [1.54, 1.807) is 14.2 Å². The molecule has 0 unspecified atom stereocenters. The van der Waals surface area contributed by atoms with Crippen LogP contribution in [0.25, 0.3) is 0 Å². The van der Waals surface area contributed by atoms with Crippen LogP contribution in [0.3, 0.4) is 0 Å². The molecule has 1 aliphatic heterocycles. The number of rotatable bonds is 9. The van der Waals surface area contributed by atoms with Crippen LogP contribution in [0.15, 0.2) is 41.4 Å². The number of nitrogens with zero attached hydrogens (tertiary/aromatic N) is 2. The van der Waals surface area contributed by atoms with E-state index in [0.717, 1.165) is 18.1 Å². The maximum absolute atomic E-state index is 6.37. The number of likely N-dealkylation sites (tertiary alicyclic amines) is 1. The number of guanidine groups is 1. The Bertz CT molecular complexity index is 865. The van der Waals surface area contributed by atoms with Crippen molar-refractivity contribution in [2.75, 3.05) is 33.9 Å². The highest BCUT2D eigenvalue weighted by Crippen LogP contribution is 2.36. The van der Waals surface area contributed by atoms with E-state index in [1.807, 2.05) is 19.1 Å². The van der Waals surface area contributed by atoms with Crippen LogP contribution in [0.5, 0.6) is 11.5 Å². The molecule has 1 fully saturated rings. The molecular weight excluding hydrogens is 412 g/mol. The average molecular weight is 445 g/mol. The van der Waals surface area contributed by atoms with E-state index in [-0.39, 0.29) is 0 Å². The van der Waals surface area contributed by atoms with Crippen molar-refractivity contribution in [1.29, 1.82) is 0 Å². The summed E-state index contributed by atoms with van der Waals surface area (Å²) in [6.07, 6.45) is 2.65. The fourth-order valence-corrected chi connectivity index (χ4v) is 4.00. The van der Waals surface area contributed by atoms with E-state index < -0.39 is 0 Å². The Kier molecular flexibility index (Phi) is 8.85. The molecule has 0 saturated carbocycles. The molecule has 7 heteroatoms. The van der Waals surface area contributed by atoms with Crippen LogP contribution >= 0.6 is 11.6 Å². The van der Waals surface area contributed by atoms with E-state index >= 15 is 0 Å². The van der Waals surface area contributed by atoms with E-state index in [0.29, 0.717) is 36.2 Å². The predicted molar refractivity (Wildman–Crippen MR) is 127 cm³/mol. The Balaban J connectivity index is 1.51. The summed E-state index contributed by atoms with van der Waals surface area (Å²) < 4.78 is 11.0. The molecule has 6 nitrogen and oxygen atoms in total. The van der Waals surface area contributed by atoms with Gasteiger partial charge >= 0.3 is 0 Å². The smallest absolute Gasteiger partial charge is 0.191 e. The zero-order chi connectivity index (χ0) is 22.1. The lowest BCUT2D eigenvalue weighted by Crippen LogP contribution is -2.36. The van der Waals surface area contributed by atoms with Crippen LogP contribution in [-0.2, 0) is 19.6 Å². The van der Waals surface area contributed by atoms with Crippen LogP contribution in [0.2, 0.25) is 5.02 Å². The number of halogens is 1. The van der Waals surface area contributed by atoms with Crippen LogP contribution in [0.1, 0.15) is 36.5 Å². The largest absolute Gasteiger partial charge is 0.493 e. The summed E-state index contributed by atoms with van der Waals surface area (Å²) in [6, 6.07) is 12.6. The van der Waals surface area contributed by atoms with E-state index in [2.05, 4.69) is 44.8 Å². The topological polar surface area (TPSA) is 58.1 Å². The third-order valence-corrected chi connectivity index (χ3v) is 5.63. The van der Waals surface area contributed by atoms with Gasteiger partial charge in [-0.25, -0.2) is 0 Å². The molecule has 0 aliphatic carbocycles. The maximum Gasteiger partial charge on any atom is 0.191 e. The molecule has 0 atom stereocenters. The molecule has 1 saturated heterocycles. The van der Waals surface area contributed by atoms with Crippen molar-refractivity contribution in [3.63, 3.8) is 0 Å². The third kappa shape index (κ3) is 6.77. The van der Waals surface area contributed by atoms with E-state index in [9.17, 15) is 0 Å². The molecule has 1 aliphatic rings. The third-order valence-electron chi connectivity index (χ3n) is 5.35. The second-order valence-electron chi connectivity index (χ2n) is 7.62. The van der Waals surface area contributed by atoms with Crippen molar-refractivity contribution < 1.29 is 9.47 Å². The molecule has 0 radical (unpaired) electrons. The number of nitrogens with one attached hydrogen (secondary N) is 2. The van der Waals surface area contributed by atoms with Crippen molar-refractivity contribution in [3.05, 3.63) is 58.1 Å². The van der Waals surface area contributed by atoms with Crippen LogP contribution in [-0.4, -0.2) is 44.7 Å². The summed E-state index contributed by atoms with van der Waals surface area (Å²) in [5.74, 6) is 1.93. The van der Waals surface area contributed by atoms with Crippen molar-refractivity contribution in [1.82, 2.24) is 15.5 Å². The Morgan fingerprint density at radius 1 is 1.03 bits per heavy atom. The number of hydrogen-bond acceptors (Lipinski definition) is 4. The number of methoxy groups -OCH3 is 1. The molecular formula is C24H33ClN4O2. The van der Waals surface area contributed by atoms with Crippen molar-refractivity contribution in [2.45, 2.75) is 39.4 Å². The Morgan fingerprint density at radius 2 is 1.68 bits per heavy atom. The predicted octanol–water partition coefficient (Wildman–Crippen LogP) is 4.21. The maximum atomic E-state index is 6.37. The minimum Gasteiger partial charge on any atom is -0.493 e. The van der Waals surface area contributed by atoms with Gasteiger partial charge in [-0.05, 0) is 61.7 Å². The monoisotopic (exact) mass is 444 g/mol. The van der Waals surface area contributed by atoms with Gasteiger partial charge in [0, 0.05) is 26.7 Å². The first kappa shape index (κ1) is 23.2. The summed E-state index contributed by atoms with van der Waals surface area (Å²) in [5, 5.41) is 7.22. The molecule has 168 valence electrons. The summed E-state index contributed by atoms with van der Waals surface area (Å²) >= 11 is 6.37. The van der Waals surface area contributed by atoms with Gasteiger partial charge in [0.25, 0.3) is 0 Å². The van der Waals surface area contributed by atoms with Gasteiger partial charge < -0.3 is 20.1 Å². The highest BCUT2D eigenvalue weighted by Gasteiger charge is 2.13. The number of aliphatic imine (C=N–C) groups is 1. The lowest BCUT2D eigenvalue weighted by molar-refractivity contribution is 0.311. The average Bonchev–Trinajstić information content (AvgIpc) is 3.29. The summed E-state index contributed by atoms with van der Waals surface area (Å²) in [6.45, 7) is 7.21. The van der Waals surface area contributed by atoms with Crippen molar-refractivity contribution >= 4 is 17.6 Å². The van der Waals surface area contributed by atoms with Crippen molar-refractivity contribution in [3.8, 4) is 11.5 Å². The van der Waals surface area contributed by atoms with Gasteiger partial charge in [0.2, 0.25) is 0 Å². The minimum atomic E-state index is 0.531. The Labute approximate surface area is 190 Å². The normalized spacial score (nSPS) is 14.5. The standard InChI is InChI=1S/C24H33ClN4O2/c1-4-31-23-21(25)13-20(14-22(23)30-3)16-28-24(26-2)27-15-18-7-9-19(10-8-18)17-29-11-5-6-12-29/h7-10,13-14H,4-6,11-12,15-17H2,1-3H3,(H2,26,27,28). The van der Waals surface area contributed by atoms with Crippen LogP contribution in [0, 0.1) is 0 Å². The molecule has 31 heavy (non-hydrogen) atoms. The lowest BCUT2D eigenvalue weighted by Gasteiger charge is -2.16. The molecule has 2 aromatic carbocycles. The van der Waals surface area contributed by atoms with E-state index in [4.69, 9.17) is 21.1 Å². The van der Waals surface area contributed by atoms with Gasteiger partial charge in [0.15, 0.2) is 17.5 Å². The highest BCUT2D eigenvalue weighted by atomic mass is 35.5. The van der Waals surface area contributed by atoms with E-state index in [1.165, 1.54) is 37.1 Å². The molecule has 3 rings (SSSR count). The fraction of sp³-hybridized carbons (Fsp3) is 0.458. The molecule has 0 amide bonds. The number of hydrogen-bond donors (Lipinski definition) is 2. The van der Waals surface area contributed by atoms with Crippen LogP contribution in [0.4, 0.5) is 0 Å². The molecule has 2 aromatic rings. The fourth-order valence-electron chi connectivity index (χ4n) is 3.71. The SMILES string of the molecule is CCOc1c(Cl)cc(CNC(=NC)NCc2ccc(CN3CCCC3)cc2)cc1OC. The van der Waals surface area contributed by atoms with Crippen molar-refractivity contribution in [2.24, 2.45) is 4.99 Å². The summed E-state index contributed by atoms with van der Waals surface area (Å²) in [7, 11) is 3.38. The van der Waals surface area contributed by atoms with Gasteiger partial charge in [-0.1, -0.05) is 35.9 Å². The van der Waals surface area contributed by atoms with Gasteiger partial charge in [-0.15, -0.1) is 0 Å². The molecule has 0 aromatic heterocycles. The molecule has 2 N–H and O–H groups in total. The second kappa shape index (κ2) is 11.8. The first-order valence-electron chi connectivity index (χ1n) is 10.9. The summed E-state index contributed by atoms with van der Waals surface area (Å²) in [4.78, 5) is 6.83. The second-order valence-corrected chi connectivity index (χ2v) is 8.03. The quantitative estimate of drug-likeness (QED) is 0.448. The van der Waals surface area contributed by atoms with Gasteiger partial charge in [-0.3, -0.25) is 9.89 Å². The highest BCUT2D eigenvalue weighted by molar-refractivity contribution is 6.32. The van der Waals surface area contributed by atoms with Crippen LogP contribution < -0.4 is 20.1 Å². The Hall–Kier alpha value is -2.44. The number of ether oxygens (including phenoxy) is 2. The first-order valence-corrected chi connectivity index (χ1v) is 11.2. The molecule has 0 bridgehead atoms. The van der Waals surface area contributed by atoms with Gasteiger partial charge in [0.05, 0.1) is 18.7 Å². The number of benzene rings is 2. The zero-order valence-corrected chi connectivity index (χ0v) is 19.5. The Morgan fingerprint density at radius 3 is 2.29 bits per heavy atom. The molecule has 1 heterocycles. The summed E-state index contributed by atoms with van der Waals surface area (Å²) in [5.41, 5.74) is 3.58. The molecule has 0 spiro atoms. The first-order chi connectivity index (χ1) is 15.1.